The lowest BCUT2D eigenvalue weighted by atomic mass is 9.99. The van der Waals surface area contributed by atoms with E-state index in [0.717, 1.165) is 23.9 Å². The summed E-state index contributed by atoms with van der Waals surface area (Å²) in [6.07, 6.45) is 5.71. The fourth-order valence-electron chi connectivity index (χ4n) is 3.22. The zero-order valence-electron chi connectivity index (χ0n) is 11.2. The summed E-state index contributed by atoms with van der Waals surface area (Å²) in [4.78, 5) is 2.64. The first-order chi connectivity index (χ1) is 7.72. The smallest absolute Gasteiger partial charge is 0.0221 e. The molecule has 1 aliphatic heterocycles. The predicted octanol–water partition coefficient (Wildman–Crippen LogP) is 2.49. The molecule has 1 N–H and O–H groups in total. The maximum absolute atomic E-state index is 3.85. The average molecular weight is 224 g/mol. The molecule has 1 aliphatic carbocycles. The van der Waals surface area contributed by atoms with Gasteiger partial charge in [-0.1, -0.05) is 20.8 Å². The van der Waals surface area contributed by atoms with E-state index in [2.05, 4.69) is 31.0 Å². The second-order valence-corrected chi connectivity index (χ2v) is 5.94. The molecule has 0 bridgehead atoms. The Morgan fingerprint density at radius 1 is 1.25 bits per heavy atom. The molecule has 0 spiro atoms. The third-order valence-electron chi connectivity index (χ3n) is 4.34. The molecule has 2 unspecified atom stereocenters. The van der Waals surface area contributed by atoms with Crippen molar-refractivity contribution in [2.45, 2.75) is 58.5 Å². The van der Waals surface area contributed by atoms with Gasteiger partial charge in [0.15, 0.2) is 0 Å². The van der Waals surface area contributed by atoms with Crippen LogP contribution in [0.4, 0.5) is 0 Å². The van der Waals surface area contributed by atoms with Crippen LogP contribution < -0.4 is 5.32 Å². The molecule has 16 heavy (non-hydrogen) atoms. The van der Waals surface area contributed by atoms with E-state index >= 15 is 0 Å². The number of nitrogens with one attached hydrogen (secondary N) is 1. The summed E-state index contributed by atoms with van der Waals surface area (Å²) in [5, 5.41) is 3.85. The van der Waals surface area contributed by atoms with Crippen LogP contribution in [0.1, 0.15) is 46.5 Å². The maximum Gasteiger partial charge on any atom is 0.0221 e. The number of hydrogen-bond donors (Lipinski definition) is 1. The van der Waals surface area contributed by atoms with Crippen LogP contribution >= 0.6 is 0 Å². The van der Waals surface area contributed by atoms with Crippen LogP contribution in [0.5, 0.6) is 0 Å². The SMILES string of the molecule is CCN1CCCC1CNC(C(C)C)C1CC1. The molecule has 2 fully saturated rings. The van der Waals surface area contributed by atoms with Crippen molar-refractivity contribution in [1.82, 2.24) is 10.2 Å². The van der Waals surface area contributed by atoms with E-state index in [4.69, 9.17) is 0 Å². The van der Waals surface area contributed by atoms with Gasteiger partial charge in [-0.05, 0) is 50.6 Å². The first kappa shape index (κ1) is 12.4. The molecule has 2 atom stereocenters. The molecule has 2 nitrogen and oxygen atoms in total. The Labute approximate surface area is 101 Å². The number of likely N-dealkylation sites (tertiary alicyclic amines) is 1. The molecular formula is C14H28N2. The van der Waals surface area contributed by atoms with Gasteiger partial charge in [-0.3, -0.25) is 4.90 Å². The average Bonchev–Trinajstić information content (AvgIpc) is 2.97. The second-order valence-electron chi connectivity index (χ2n) is 5.94. The normalized spacial score (nSPS) is 28.9. The Morgan fingerprint density at radius 3 is 2.56 bits per heavy atom. The van der Waals surface area contributed by atoms with E-state index in [-0.39, 0.29) is 0 Å². The summed E-state index contributed by atoms with van der Waals surface area (Å²) in [6.45, 7) is 10.8. The zero-order chi connectivity index (χ0) is 11.5. The molecule has 2 heteroatoms. The molecule has 0 radical (unpaired) electrons. The minimum absolute atomic E-state index is 0.777. The molecule has 2 aliphatic rings. The topological polar surface area (TPSA) is 15.3 Å². The summed E-state index contributed by atoms with van der Waals surface area (Å²) >= 11 is 0. The van der Waals surface area contributed by atoms with Crippen molar-refractivity contribution in [3.63, 3.8) is 0 Å². The molecule has 1 heterocycles. The van der Waals surface area contributed by atoms with E-state index in [9.17, 15) is 0 Å². The maximum atomic E-state index is 3.85. The molecule has 2 rings (SSSR count). The van der Waals surface area contributed by atoms with Crippen molar-refractivity contribution in [3.8, 4) is 0 Å². The molecule has 1 saturated heterocycles. The van der Waals surface area contributed by atoms with Crippen LogP contribution in [0.25, 0.3) is 0 Å². The van der Waals surface area contributed by atoms with Crippen LogP contribution in [0.15, 0.2) is 0 Å². The molecule has 1 saturated carbocycles. The Bertz CT molecular complexity index is 209. The summed E-state index contributed by atoms with van der Waals surface area (Å²) < 4.78 is 0. The highest BCUT2D eigenvalue weighted by molar-refractivity contribution is 4.90. The summed E-state index contributed by atoms with van der Waals surface area (Å²) in [5.41, 5.74) is 0. The van der Waals surface area contributed by atoms with Gasteiger partial charge in [-0.2, -0.15) is 0 Å². The number of rotatable bonds is 6. The molecule has 0 aromatic heterocycles. The Kier molecular flexibility index (Phi) is 4.26. The van der Waals surface area contributed by atoms with Crippen LogP contribution in [0, 0.1) is 11.8 Å². The largest absolute Gasteiger partial charge is 0.312 e. The minimum Gasteiger partial charge on any atom is -0.312 e. The third-order valence-corrected chi connectivity index (χ3v) is 4.34. The van der Waals surface area contributed by atoms with E-state index in [1.807, 2.05) is 0 Å². The van der Waals surface area contributed by atoms with Gasteiger partial charge in [-0.25, -0.2) is 0 Å². The number of hydrogen-bond acceptors (Lipinski definition) is 2. The Morgan fingerprint density at radius 2 is 2.00 bits per heavy atom. The van der Waals surface area contributed by atoms with E-state index in [1.165, 1.54) is 45.3 Å². The van der Waals surface area contributed by atoms with Gasteiger partial charge in [0.05, 0.1) is 0 Å². The van der Waals surface area contributed by atoms with Gasteiger partial charge in [0.1, 0.15) is 0 Å². The Hall–Kier alpha value is -0.0800. The van der Waals surface area contributed by atoms with Crippen LogP contribution in [0.3, 0.4) is 0 Å². The second kappa shape index (κ2) is 5.50. The minimum atomic E-state index is 0.777. The predicted molar refractivity (Wildman–Crippen MR) is 69.6 cm³/mol. The van der Waals surface area contributed by atoms with Crippen LogP contribution in [-0.2, 0) is 0 Å². The standard InChI is InChI=1S/C14H28N2/c1-4-16-9-5-6-13(16)10-15-14(11(2)3)12-7-8-12/h11-15H,4-10H2,1-3H3. The zero-order valence-corrected chi connectivity index (χ0v) is 11.2. The lowest BCUT2D eigenvalue weighted by Crippen LogP contribution is -2.44. The molecule has 0 aromatic rings. The highest BCUT2D eigenvalue weighted by Crippen LogP contribution is 2.35. The third kappa shape index (κ3) is 2.98. The van der Waals surface area contributed by atoms with Crippen molar-refractivity contribution in [2.24, 2.45) is 11.8 Å². The van der Waals surface area contributed by atoms with Gasteiger partial charge in [0.2, 0.25) is 0 Å². The monoisotopic (exact) mass is 224 g/mol. The van der Waals surface area contributed by atoms with Gasteiger partial charge in [0.25, 0.3) is 0 Å². The summed E-state index contributed by atoms with van der Waals surface area (Å²) in [6, 6.07) is 1.59. The van der Waals surface area contributed by atoms with Gasteiger partial charge < -0.3 is 5.32 Å². The van der Waals surface area contributed by atoms with Crippen molar-refractivity contribution >= 4 is 0 Å². The first-order valence-corrected chi connectivity index (χ1v) is 7.19. The van der Waals surface area contributed by atoms with E-state index in [0.29, 0.717) is 0 Å². The lowest BCUT2D eigenvalue weighted by Gasteiger charge is -2.28. The van der Waals surface area contributed by atoms with E-state index in [1.54, 1.807) is 0 Å². The lowest BCUT2D eigenvalue weighted by molar-refractivity contribution is 0.240. The van der Waals surface area contributed by atoms with E-state index < -0.39 is 0 Å². The summed E-state index contributed by atoms with van der Waals surface area (Å²) in [5.74, 6) is 1.78. The fraction of sp³-hybridized carbons (Fsp3) is 1.00. The highest BCUT2D eigenvalue weighted by atomic mass is 15.2. The fourth-order valence-corrected chi connectivity index (χ4v) is 3.22. The van der Waals surface area contributed by atoms with Gasteiger partial charge >= 0.3 is 0 Å². The van der Waals surface area contributed by atoms with Crippen LogP contribution in [-0.4, -0.2) is 36.6 Å². The van der Waals surface area contributed by atoms with Crippen LogP contribution in [0.2, 0.25) is 0 Å². The molecular weight excluding hydrogens is 196 g/mol. The summed E-state index contributed by atoms with van der Waals surface area (Å²) in [7, 11) is 0. The quantitative estimate of drug-likeness (QED) is 0.746. The highest BCUT2D eigenvalue weighted by Gasteiger charge is 2.33. The number of likely N-dealkylation sites (N-methyl/N-ethyl adjacent to an activating group) is 1. The van der Waals surface area contributed by atoms with Crippen molar-refractivity contribution in [1.29, 1.82) is 0 Å². The van der Waals surface area contributed by atoms with Gasteiger partial charge in [0, 0.05) is 18.6 Å². The Balaban J connectivity index is 1.76. The molecule has 0 amide bonds. The molecule has 94 valence electrons. The van der Waals surface area contributed by atoms with Gasteiger partial charge in [-0.15, -0.1) is 0 Å². The van der Waals surface area contributed by atoms with Crippen molar-refractivity contribution in [2.75, 3.05) is 19.6 Å². The molecule has 0 aromatic carbocycles. The first-order valence-electron chi connectivity index (χ1n) is 7.19. The van der Waals surface area contributed by atoms with Crippen molar-refractivity contribution in [3.05, 3.63) is 0 Å². The number of nitrogens with zero attached hydrogens (tertiary/aromatic N) is 1. The van der Waals surface area contributed by atoms with Crippen molar-refractivity contribution < 1.29 is 0 Å².